The van der Waals surface area contributed by atoms with Crippen LogP contribution in [0.5, 0.6) is 5.88 Å². The monoisotopic (exact) mass is 287 g/mol. The van der Waals surface area contributed by atoms with Crippen LogP contribution >= 0.6 is 15.9 Å². The number of pyridine rings is 1. The van der Waals surface area contributed by atoms with Crippen molar-refractivity contribution in [3.63, 3.8) is 0 Å². The van der Waals surface area contributed by atoms with E-state index in [-0.39, 0.29) is 0 Å². The molecule has 0 aliphatic rings. The van der Waals surface area contributed by atoms with Crippen LogP contribution in [0.2, 0.25) is 0 Å². The van der Waals surface area contributed by atoms with E-state index in [9.17, 15) is 0 Å². The molecule has 0 N–H and O–H groups in total. The Balaban J connectivity index is 2.20. The van der Waals surface area contributed by atoms with Gasteiger partial charge >= 0.3 is 0 Å². The van der Waals surface area contributed by atoms with Crippen LogP contribution in [0.25, 0.3) is 0 Å². The Kier molecular flexibility index (Phi) is 3.79. The summed E-state index contributed by atoms with van der Waals surface area (Å²) < 4.78 is 6.01. The maximum Gasteiger partial charge on any atom is 0.212 e. The quantitative estimate of drug-likeness (QED) is 0.751. The highest BCUT2D eigenvalue weighted by atomic mass is 79.9. The highest BCUT2D eigenvalue weighted by molar-refractivity contribution is 9.10. The van der Waals surface area contributed by atoms with Crippen molar-refractivity contribution in [2.45, 2.75) is 0 Å². The van der Waals surface area contributed by atoms with E-state index in [0.29, 0.717) is 5.88 Å². The Labute approximate surface area is 109 Å². The highest BCUT2D eigenvalue weighted by Crippen LogP contribution is 2.11. The molecule has 0 bridgehead atoms. The Bertz CT molecular complexity index is 567. The van der Waals surface area contributed by atoms with Gasteiger partial charge in [0.1, 0.15) is 0 Å². The minimum atomic E-state index is 0.595. The number of benzene rings is 1. The second kappa shape index (κ2) is 5.51. The molecule has 0 aliphatic heterocycles. The molecule has 2 rings (SSSR count). The van der Waals surface area contributed by atoms with Crippen molar-refractivity contribution in [2.75, 3.05) is 7.11 Å². The zero-order valence-corrected chi connectivity index (χ0v) is 10.9. The molecular weight excluding hydrogens is 278 g/mol. The molecule has 0 saturated heterocycles. The van der Waals surface area contributed by atoms with E-state index < -0.39 is 0 Å². The molecule has 0 amide bonds. The molecule has 0 atom stereocenters. The fraction of sp³-hybridized carbons (Fsp3) is 0.0714. The summed E-state index contributed by atoms with van der Waals surface area (Å²) in [4.78, 5) is 4.09. The third-order valence-corrected chi connectivity index (χ3v) is 2.61. The lowest BCUT2D eigenvalue weighted by atomic mass is 10.2. The average Bonchev–Trinajstić information content (AvgIpc) is 2.37. The van der Waals surface area contributed by atoms with Crippen molar-refractivity contribution >= 4 is 15.9 Å². The van der Waals surface area contributed by atoms with Crippen LogP contribution in [0.15, 0.2) is 47.1 Å². The third-order valence-electron chi connectivity index (χ3n) is 2.12. The Morgan fingerprint density at radius 2 is 1.94 bits per heavy atom. The van der Waals surface area contributed by atoms with Crippen molar-refractivity contribution in [1.29, 1.82) is 0 Å². The zero-order valence-electron chi connectivity index (χ0n) is 9.27. The summed E-state index contributed by atoms with van der Waals surface area (Å²) in [6, 6.07) is 11.6. The third kappa shape index (κ3) is 3.33. The highest BCUT2D eigenvalue weighted by Gasteiger charge is 1.92. The number of hydrogen-bond acceptors (Lipinski definition) is 2. The fourth-order valence-electron chi connectivity index (χ4n) is 1.29. The molecule has 0 aliphatic carbocycles. The number of ether oxygens (including phenoxy) is 1. The normalized spacial score (nSPS) is 9.29. The van der Waals surface area contributed by atoms with E-state index in [1.165, 1.54) is 0 Å². The van der Waals surface area contributed by atoms with Gasteiger partial charge in [0.2, 0.25) is 5.88 Å². The van der Waals surface area contributed by atoms with Crippen molar-refractivity contribution in [3.8, 4) is 17.7 Å². The molecule has 84 valence electrons. The maximum absolute atomic E-state index is 4.98. The first kappa shape index (κ1) is 11.7. The first-order valence-electron chi connectivity index (χ1n) is 5.05. The van der Waals surface area contributed by atoms with Crippen LogP contribution in [-0.2, 0) is 0 Å². The van der Waals surface area contributed by atoms with Gasteiger partial charge in [-0.2, -0.15) is 0 Å². The number of halogens is 1. The van der Waals surface area contributed by atoms with Gasteiger partial charge in [0.25, 0.3) is 0 Å². The number of aromatic nitrogens is 1. The second-order valence-corrected chi connectivity index (χ2v) is 4.27. The van der Waals surface area contributed by atoms with Gasteiger partial charge in [-0.15, -0.1) is 0 Å². The minimum Gasteiger partial charge on any atom is -0.481 e. The largest absolute Gasteiger partial charge is 0.481 e. The van der Waals surface area contributed by atoms with E-state index in [1.54, 1.807) is 19.4 Å². The maximum atomic E-state index is 4.98. The Morgan fingerprint density at radius 1 is 1.12 bits per heavy atom. The SMILES string of the molecule is COc1ccc(C#Cc2cccc(Br)c2)cn1. The zero-order chi connectivity index (χ0) is 12.1. The fourth-order valence-corrected chi connectivity index (χ4v) is 1.68. The van der Waals surface area contributed by atoms with Crippen LogP contribution in [-0.4, -0.2) is 12.1 Å². The summed E-state index contributed by atoms with van der Waals surface area (Å²) in [5, 5.41) is 0. The van der Waals surface area contributed by atoms with Crippen LogP contribution in [0, 0.1) is 11.8 Å². The van der Waals surface area contributed by atoms with Gasteiger partial charge in [0.15, 0.2) is 0 Å². The van der Waals surface area contributed by atoms with Gasteiger partial charge < -0.3 is 4.74 Å². The van der Waals surface area contributed by atoms with Gasteiger partial charge in [-0.05, 0) is 24.3 Å². The molecule has 0 fully saturated rings. The molecule has 1 heterocycles. The summed E-state index contributed by atoms with van der Waals surface area (Å²) in [5.41, 5.74) is 1.83. The van der Waals surface area contributed by atoms with Gasteiger partial charge in [0.05, 0.1) is 7.11 Å². The number of nitrogens with zero attached hydrogens (tertiary/aromatic N) is 1. The van der Waals surface area contributed by atoms with Crippen LogP contribution in [0.4, 0.5) is 0 Å². The molecule has 1 aromatic heterocycles. The molecule has 0 saturated carbocycles. The van der Waals surface area contributed by atoms with Crippen molar-refractivity contribution in [2.24, 2.45) is 0 Å². The van der Waals surface area contributed by atoms with E-state index in [2.05, 4.69) is 32.8 Å². The minimum absolute atomic E-state index is 0.595. The first-order valence-corrected chi connectivity index (χ1v) is 5.85. The molecule has 0 radical (unpaired) electrons. The smallest absolute Gasteiger partial charge is 0.212 e. The Hall–Kier alpha value is -1.79. The molecule has 1 aromatic carbocycles. The lowest BCUT2D eigenvalue weighted by Crippen LogP contribution is -1.86. The number of hydrogen-bond donors (Lipinski definition) is 0. The predicted molar refractivity (Wildman–Crippen MR) is 70.9 cm³/mol. The number of methoxy groups -OCH3 is 1. The lowest BCUT2D eigenvalue weighted by molar-refractivity contribution is 0.398. The van der Waals surface area contributed by atoms with E-state index in [4.69, 9.17) is 4.74 Å². The van der Waals surface area contributed by atoms with Crippen molar-refractivity contribution in [3.05, 3.63) is 58.2 Å². The van der Waals surface area contributed by atoms with Crippen molar-refractivity contribution in [1.82, 2.24) is 4.98 Å². The molecule has 0 unspecified atom stereocenters. The van der Waals surface area contributed by atoms with E-state index in [0.717, 1.165) is 15.6 Å². The molecule has 3 heteroatoms. The van der Waals surface area contributed by atoms with Crippen molar-refractivity contribution < 1.29 is 4.74 Å². The summed E-state index contributed by atoms with van der Waals surface area (Å²) in [6.07, 6.45) is 1.70. The lowest BCUT2D eigenvalue weighted by Gasteiger charge is -1.96. The molecule has 2 nitrogen and oxygen atoms in total. The summed E-state index contributed by atoms with van der Waals surface area (Å²) in [5.74, 6) is 6.72. The molecule has 17 heavy (non-hydrogen) atoms. The van der Waals surface area contributed by atoms with E-state index in [1.807, 2.05) is 30.3 Å². The topological polar surface area (TPSA) is 22.1 Å². The van der Waals surface area contributed by atoms with Gasteiger partial charge in [-0.1, -0.05) is 33.8 Å². The molecule has 2 aromatic rings. The second-order valence-electron chi connectivity index (χ2n) is 3.35. The Morgan fingerprint density at radius 3 is 2.59 bits per heavy atom. The van der Waals surface area contributed by atoms with Crippen LogP contribution < -0.4 is 4.74 Å². The van der Waals surface area contributed by atoms with E-state index >= 15 is 0 Å². The van der Waals surface area contributed by atoms with Crippen LogP contribution in [0.3, 0.4) is 0 Å². The first-order chi connectivity index (χ1) is 8.28. The summed E-state index contributed by atoms with van der Waals surface area (Å²) >= 11 is 3.41. The molecular formula is C14H10BrNO. The standard InChI is InChI=1S/C14H10BrNO/c1-17-14-8-7-12(10-16-14)6-5-11-3-2-4-13(15)9-11/h2-4,7-10H,1H3. The average molecular weight is 288 g/mol. The predicted octanol–water partition coefficient (Wildman–Crippen LogP) is 3.25. The van der Waals surface area contributed by atoms with Crippen LogP contribution in [0.1, 0.15) is 11.1 Å². The summed E-state index contributed by atoms with van der Waals surface area (Å²) in [7, 11) is 1.59. The molecule has 0 spiro atoms. The van der Waals surface area contributed by atoms with Gasteiger partial charge in [-0.25, -0.2) is 4.98 Å². The van der Waals surface area contributed by atoms with Gasteiger partial charge in [-0.3, -0.25) is 0 Å². The summed E-state index contributed by atoms with van der Waals surface area (Å²) in [6.45, 7) is 0. The van der Waals surface area contributed by atoms with Gasteiger partial charge in [0, 0.05) is 27.9 Å². The number of rotatable bonds is 1.